The summed E-state index contributed by atoms with van der Waals surface area (Å²) in [5.41, 5.74) is 3.17. The molecule has 0 heterocycles. The minimum absolute atomic E-state index is 0.171. The van der Waals surface area contributed by atoms with Crippen LogP contribution >= 0.6 is 46.7 Å². The molecule has 1 fully saturated rings. The predicted octanol–water partition coefficient (Wildman–Crippen LogP) is 8.01. The highest BCUT2D eigenvalue weighted by Crippen LogP contribution is 2.41. The summed E-state index contributed by atoms with van der Waals surface area (Å²) in [4.78, 5) is 15.5. The number of halogens is 2. The quantitative estimate of drug-likeness (QED) is 0.291. The van der Waals surface area contributed by atoms with Crippen LogP contribution in [0, 0.1) is 0 Å². The number of anilines is 1. The second kappa shape index (κ2) is 11.2. The number of methoxy groups -OCH3 is 1. The first-order chi connectivity index (χ1) is 16.0. The van der Waals surface area contributed by atoms with E-state index >= 15 is 0 Å². The predicted molar refractivity (Wildman–Crippen MR) is 142 cm³/mol. The summed E-state index contributed by atoms with van der Waals surface area (Å²) in [7, 11) is 1.59. The molecule has 0 bridgehead atoms. The molecule has 0 aliphatic heterocycles. The van der Waals surface area contributed by atoms with E-state index in [0.29, 0.717) is 15.7 Å². The second-order valence-corrected chi connectivity index (χ2v) is 11.0. The van der Waals surface area contributed by atoms with E-state index in [0.717, 1.165) is 26.8 Å². The number of hydrogen-bond donors (Lipinski definition) is 1. The molecule has 1 N–H and O–H groups in total. The van der Waals surface area contributed by atoms with Crippen molar-refractivity contribution >= 4 is 58.3 Å². The third-order valence-corrected chi connectivity index (χ3v) is 8.14. The van der Waals surface area contributed by atoms with Crippen molar-refractivity contribution in [1.82, 2.24) is 0 Å². The van der Waals surface area contributed by atoms with Crippen LogP contribution in [0.3, 0.4) is 0 Å². The Kier molecular flexibility index (Phi) is 8.31. The lowest BCUT2D eigenvalue weighted by Gasteiger charge is -2.18. The van der Waals surface area contributed by atoms with Gasteiger partial charge in [0.25, 0.3) is 0 Å². The van der Waals surface area contributed by atoms with Crippen molar-refractivity contribution in [2.45, 2.75) is 33.8 Å². The molecule has 0 radical (unpaired) electrons. The Labute approximate surface area is 213 Å². The first-order valence-electron chi connectivity index (χ1n) is 10.7. The molecule has 3 nitrogen and oxygen atoms in total. The number of hydrogen-bond acceptors (Lipinski definition) is 4. The average molecular weight is 519 g/mol. The highest BCUT2D eigenvalue weighted by molar-refractivity contribution is 8.00. The second-order valence-electron chi connectivity index (χ2n) is 7.93. The zero-order valence-corrected chi connectivity index (χ0v) is 21.6. The van der Waals surface area contributed by atoms with E-state index in [1.807, 2.05) is 54.4 Å². The van der Waals surface area contributed by atoms with Crippen LogP contribution in [0.15, 0.2) is 70.5 Å². The molecular formula is C26H25Cl2NO2S2. The Morgan fingerprint density at radius 2 is 1.64 bits per heavy atom. The van der Waals surface area contributed by atoms with Crippen molar-refractivity contribution in [1.29, 1.82) is 0 Å². The fourth-order valence-corrected chi connectivity index (χ4v) is 5.72. The number of thioether (sulfide) groups is 2. The summed E-state index contributed by atoms with van der Waals surface area (Å²) in [5.74, 6) is -0.616. The molecule has 1 aliphatic rings. The van der Waals surface area contributed by atoms with Gasteiger partial charge in [-0.1, -0.05) is 47.5 Å². The van der Waals surface area contributed by atoms with E-state index in [9.17, 15) is 4.79 Å². The van der Waals surface area contributed by atoms with Crippen LogP contribution in [-0.2, 0) is 9.53 Å². The summed E-state index contributed by atoms with van der Waals surface area (Å²) >= 11 is 16.8. The zero-order valence-electron chi connectivity index (χ0n) is 18.4. The van der Waals surface area contributed by atoms with Gasteiger partial charge in [0, 0.05) is 33.4 Å². The van der Waals surface area contributed by atoms with Gasteiger partial charge in [-0.2, -0.15) is 0 Å². The number of amides is 1. The molecule has 172 valence electrons. The number of carbonyl (C=O) groups excluding carboxylic acids is 1. The molecule has 1 atom stereocenters. The van der Waals surface area contributed by atoms with E-state index in [-0.39, 0.29) is 12.5 Å². The molecule has 0 spiro atoms. The highest BCUT2D eigenvalue weighted by atomic mass is 35.5. The minimum Gasteiger partial charge on any atom is -0.384 e. The molecular weight excluding hydrogens is 493 g/mol. The van der Waals surface area contributed by atoms with Crippen LogP contribution in [0.2, 0.25) is 10.0 Å². The standard InChI is InChI=1S/C26H25Cl2NO2S2/c1-31-15-22(16-3-7-19(32-2)8-4-16)26(30)29-18-13-23(27)25(24(28)14-18)17-5-9-20(10-6-17)33-21-11-12-21/h3-10,13-14,21-22H,11-12,15H2,1-2H3,(H,29,30). The van der Waals surface area contributed by atoms with Crippen LogP contribution in [-0.4, -0.2) is 31.1 Å². The smallest absolute Gasteiger partial charge is 0.234 e. The monoisotopic (exact) mass is 517 g/mol. The highest BCUT2D eigenvalue weighted by Gasteiger charge is 2.23. The molecule has 0 saturated heterocycles. The third-order valence-electron chi connectivity index (χ3n) is 5.45. The summed E-state index contributed by atoms with van der Waals surface area (Å²) in [6.45, 7) is 0.273. The third kappa shape index (κ3) is 6.28. The molecule has 33 heavy (non-hydrogen) atoms. The number of ether oxygens (including phenoxy) is 1. The molecule has 0 aromatic heterocycles. The Bertz CT molecular complexity index is 1090. The van der Waals surface area contributed by atoms with Crippen LogP contribution in [0.5, 0.6) is 0 Å². The van der Waals surface area contributed by atoms with Crippen LogP contribution < -0.4 is 5.32 Å². The fourth-order valence-electron chi connectivity index (χ4n) is 3.56. The van der Waals surface area contributed by atoms with Crippen molar-refractivity contribution in [3.05, 3.63) is 76.3 Å². The van der Waals surface area contributed by atoms with E-state index in [4.69, 9.17) is 27.9 Å². The van der Waals surface area contributed by atoms with Crippen molar-refractivity contribution in [2.24, 2.45) is 0 Å². The average Bonchev–Trinajstić information content (AvgIpc) is 3.62. The summed E-state index contributed by atoms with van der Waals surface area (Å²) in [6, 6.07) is 19.7. The first-order valence-corrected chi connectivity index (χ1v) is 13.5. The lowest BCUT2D eigenvalue weighted by Crippen LogP contribution is -2.24. The Hall–Kier alpha value is -1.63. The van der Waals surface area contributed by atoms with Gasteiger partial charge in [-0.3, -0.25) is 4.79 Å². The zero-order chi connectivity index (χ0) is 23.4. The summed E-state index contributed by atoms with van der Waals surface area (Å²) < 4.78 is 5.32. The van der Waals surface area contributed by atoms with Crippen LogP contribution in [0.25, 0.3) is 11.1 Å². The summed E-state index contributed by atoms with van der Waals surface area (Å²) in [5, 5.41) is 4.70. The fraction of sp³-hybridized carbons (Fsp3) is 0.269. The van der Waals surface area contributed by atoms with E-state index < -0.39 is 5.92 Å². The molecule has 1 aliphatic carbocycles. The van der Waals surface area contributed by atoms with Gasteiger partial charge < -0.3 is 10.1 Å². The number of nitrogens with one attached hydrogen (secondary N) is 1. The molecule has 1 unspecified atom stereocenters. The Balaban J connectivity index is 1.51. The van der Waals surface area contributed by atoms with Crippen molar-refractivity contribution < 1.29 is 9.53 Å². The van der Waals surface area contributed by atoms with E-state index in [2.05, 4.69) is 17.4 Å². The van der Waals surface area contributed by atoms with E-state index in [1.165, 1.54) is 17.7 Å². The molecule has 1 saturated carbocycles. The Morgan fingerprint density at radius 1 is 1.03 bits per heavy atom. The lowest BCUT2D eigenvalue weighted by atomic mass is 9.99. The van der Waals surface area contributed by atoms with Crippen molar-refractivity contribution in [2.75, 3.05) is 25.3 Å². The SMILES string of the molecule is COCC(C(=O)Nc1cc(Cl)c(-c2ccc(SC3CC3)cc2)c(Cl)c1)c1ccc(SC)cc1. The number of benzene rings is 3. The molecule has 1 amide bonds. The van der Waals surface area contributed by atoms with Crippen molar-refractivity contribution in [3.8, 4) is 11.1 Å². The Morgan fingerprint density at radius 3 is 2.18 bits per heavy atom. The van der Waals surface area contributed by atoms with Crippen molar-refractivity contribution in [3.63, 3.8) is 0 Å². The van der Waals surface area contributed by atoms with E-state index in [1.54, 1.807) is 31.0 Å². The minimum atomic E-state index is -0.445. The van der Waals surface area contributed by atoms with Crippen LogP contribution in [0.1, 0.15) is 24.3 Å². The van der Waals surface area contributed by atoms with Crippen LogP contribution in [0.4, 0.5) is 5.69 Å². The van der Waals surface area contributed by atoms with Gasteiger partial charge >= 0.3 is 0 Å². The number of rotatable bonds is 9. The molecule has 3 aromatic rings. The maximum Gasteiger partial charge on any atom is 0.234 e. The number of carbonyl (C=O) groups is 1. The van der Waals surface area contributed by atoms with Gasteiger partial charge in [0.15, 0.2) is 0 Å². The lowest BCUT2D eigenvalue weighted by molar-refractivity contribution is -0.118. The van der Waals surface area contributed by atoms with Gasteiger partial charge in [0.2, 0.25) is 5.91 Å². The first kappa shape index (κ1) is 24.5. The van der Waals surface area contributed by atoms with Gasteiger partial charge in [-0.05, 0) is 66.6 Å². The van der Waals surface area contributed by atoms with Gasteiger partial charge in [0.05, 0.1) is 22.6 Å². The maximum atomic E-state index is 13.1. The summed E-state index contributed by atoms with van der Waals surface area (Å²) in [6.07, 6.45) is 4.62. The van der Waals surface area contributed by atoms with Gasteiger partial charge in [-0.25, -0.2) is 0 Å². The normalized spacial score (nSPS) is 14.2. The molecule has 4 rings (SSSR count). The molecule has 7 heteroatoms. The topological polar surface area (TPSA) is 38.3 Å². The van der Waals surface area contributed by atoms with Gasteiger partial charge in [-0.15, -0.1) is 23.5 Å². The largest absolute Gasteiger partial charge is 0.384 e. The van der Waals surface area contributed by atoms with Gasteiger partial charge in [0.1, 0.15) is 0 Å². The molecule has 3 aromatic carbocycles. The maximum absolute atomic E-state index is 13.1.